The molecular weight excluding hydrogens is 396 g/mol. The number of carbonyl (C=O) groups excluding carboxylic acids is 2. The number of hydrogen-bond acceptors (Lipinski definition) is 6. The van der Waals surface area contributed by atoms with Gasteiger partial charge in [0.1, 0.15) is 17.6 Å². The zero-order chi connectivity index (χ0) is 22.1. The Balaban J connectivity index is 1.80. The van der Waals surface area contributed by atoms with Crippen molar-refractivity contribution in [2.24, 2.45) is 0 Å². The van der Waals surface area contributed by atoms with Crippen LogP contribution in [0.1, 0.15) is 39.2 Å². The summed E-state index contributed by atoms with van der Waals surface area (Å²) in [6.07, 6.45) is 0. The van der Waals surface area contributed by atoms with Gasteiger partial charge in [-0.1, -0.05) is 35.5 Å². The van der Waals surface area contributed by atoms with Gasteiger partial charge in [0.2, 0.25) is 5.91 Å². The number of hydrogen-bond donors (Lipinski definition) is 2. The third kappa shape index (κ3) is 3.79. The van der Waals surface area contributed by atoms with Crippen molar-refractivity contribution in [1.82, 2.24) is 20.8 Å². The van der Waals surface area contributed by atoms with Crippen molar-refractivity contribution >= 4 is 22.9 Å². The second-order valence-corrected chi connectivity index (χ2v) is 7.26. The van der Waals surface area contributed by atoms with Gasteiger partial charge < -0.3 is 19.6 Å². The molecule has 0 unspecified atom stereocenters. The molecule has 3 aromatic heterocycles. The molecule has 4 rings (SSSR count). The van der Waals surface area contributed by atoms with Gasteiger partial charge in [0.15, 0.2) is 0 Å². The summed E-state index contributed by atoms with van der Waals surface area (Å²) in [6.45, 7) is 5.41. The molecule has 8 nitrogen and oxygen atoms in total. The Morgan fingerprint density at radius 1 is 1.06 bits per heavy atom. The third-order valence-corrected chi connectivity index (χ3v) is 5.10. The van der Waals surface area contributed by atoms with E-state index in [1.165, 1.54) is 7.05 Å². The van der Waals surface area contributed by atoms with Crippen molar-refractivity contribution in [3.63, 3.8) is 0 Å². The number of furan rings is 1. The minimum Gasteiger partial charge on any atom is -0.466 e. The molecular formula is C23H22N4O4. The van der Waals surface area contributed by atoms with Crippen LogP contribution >= 0.6 is 0 Å². The molecule has 0 saturated carbocycles. The van der Waals surface area contributed by atoms with Crippen molar-refractivity contribution in [3.05, 3.63) is 70.8 Å². The number of likely N-dealkylation sites (N-methyl/N-ethyl adjacent to an activating group) is 1. The Labute approximate surface area is 178 Å². The van der Waals surface area contributed by atoms with E-state index in [-0.39, 0.29) is 11.6 Å². The molecule has 2 amide bonds. The maximum Gasteiger partial charge on any atom is 0.259 e. The Morgan fingerprint density at radius 3 is 2.45 bits per heavy atom. The molecule has 0 radical (unpaired) electrons. The zero-order valence-electron chi connectivity index (χ0n) is 17.6. The fraction of sp³-hybridized carbons (Fsp3) is 0.217. The topological polar surface area (TPSA) is 110 Å². The van der Waals surface area contributed by atoms with Gasteiger partial charge in [0.25, 0.3) is 11.6 Å². The van der Waals surface area contributed by atoms with E-state index in [4.69, 9.17) is 8.94 Å². The first kappa shape index (κ1) is 20.3. The molecule has 0 aliphatic carbocycles. The molecule has 3 heterocycles. The largest absolute Gasteiger partial charge is 0.466 e. The first-order valence-corrected chi connectivity index (χ1v) is 9.81. The molecule has 0 bridgehead atoms. The number of aryl methyl sites for hydroxylation is 3. The molecule has 8 heteroatoms. The number of nitrogens with zero attached hydrogens (tertiary/aromatic N) is 2. The van der Waals surface area contributed by atoms with E-state index in [0.717, 1.165) is 11.3 Å². The Hall–Kier alpha value is -3.94. The van der Waals surface area contributed by atoms with Crippen LogP contribution < -0.4 is 10.6 Å². The van der Waals surface area contributed by atoms with Crippen molar-refractivity contribution in [2.45, 2.75) is 26.8 Å². The molecule has 1 aromatic carbocycles. The second-order valence-electron chi connectivity index (χ2n) is 7.26. The molecule has 0 spiro atoms. The number of aromatic nitrogens is 2. The third-order valence-electron chi connectivity index (χ3n) is 5.10. The van der Waals surface area contributed by atoms with Crippen LogP contribution in [-0.4, -0.2) is 29.0 Å². The average molecular weight is 418 g/mol. The number of rotatable bonds is 5. The first-order valence-electron chi connectivity index (χ1n) is 9.81. The van der Waals surface area contributed by atoms with Crippen LogP contribution in [0, 0.1) is 20.8 Å². The highest BCUT2D eigenvalue weighted by atomic mass is 16.5. The van der Waals surface area contributed by atoms with Crippen LogP contribution in [0.3, 0.4) is 0 Å². The Bertz CT molecular complexity index is 1270. The number of nitrogens with one attached hydrogen (secondary N) is 2. The van der Waals surface area contributed by atoms with Crippen molar-refractivity contribution in [3.8, 4) is 11.3 Å². The predicted octanol–water partition coefficient (Wildman–Crippen LogP) is 3.63. The van der Waals surface area contributed by atoms with Gasteiger partial charge in [-0.2, -0.15) is 0 Å². The van der Waals surface area contributed by atoms with Crippen LogP contribution in [0.25, 0.3) is 22.4 Å². The Kier molecular flexibility index (Phi) is 5.29. The lowest BCUT2D eigenvalue weighted by molar-refractivity contribution is -0.122. The lowest BCUT2D eigenvalue weighted by Gasteiger charge is -2.18. The minimum absolute atomic E-state index is 0.245. The van der Waals surface area contributed by atoms with Crippen molar-refractivity contribution in [1.29, 1.82) is 0 Å². The summed E-state index contributed by atoms with van der Waals surface area (Å²) in [7, 11) is 1.53. The van der Waals surface area contributed by atoms with Crippen molar-refractivity contribution in [2.75, 3.05) is 7.05 Å². The van der Waals surface area contributed by atoms with E-state index in [1.54, 1.807) is 25.1 Å². The number of pyridine rings is 1. The van der Waals surface area contributed by atoms with Gasteiger partial charge in [-0.3, -0.25) is 9.59 Å². The fourth-order valence-corrected chi connectivity index (χ4v) is 3.60. The van der Waals surface area contributed by atoms with Gasteiger partial charge in [0.05, 0.1) is 22.3 Å². The molecule has 4 aromatic rings. The molecule has 2 N–H and O–H groups in total. The van der Waals surface area contributed by atoms with E-state index in [0.29, 0.717) is 33.7 Å². The highest BCUT2D eigenvalue weighted by Gasteiger charge is 2.26. The normalized spacial score (nSPS) is 12.0. The summed E-state index contributed by atoms with van der Waals surface area (Å²) in [4.78, 5) is 30.4. The van der Waals surface area contributed by atoms with Crippen LogP contribution in [0.15, 0.2) is 51.4 Å². The van der Waals surface area contributed by atoms with Gasteiger partial charge in [-0.15, -0.1) is 0 Å². The maximum absolute atomic E-state index is 13.4. The van der Waals surface area contributed by atoms with Crippen LogP contribution in [-0.2, 0) is 4.79 Å². The summed E-state index contributed by atoms with van der Waals surface area (Å²) in [5.74, 6) is 0.654. The molecule has 0 aliphatic heterocycles. The monoisotopic (exact) mass is 418 g/mol. The summed E-state index contributed by atoms with van der Waals surface area (Å²) < 4.78 is 11.0. The summed E-state index contributed by atoms with van der Waals surface area (Å²) >= 11 is 0. The number of carbonyl (C=O) groups is 2. The summed E-state index contributed by atoms with van der Waals surface area (Å²) in [5, 5.41) is 9.91. The molecule has 0 aliphatic rings. The van der Waals surface area contributed by atoms with E-state index in [9.17, 15) is 9.59 Å². The van der Waals surface area contributed by atoms with Crippen LogP contribution in [0.2, 0.25) is 0 Å². The van der Waals surface area contributed by atoms with E-state index < -0.39 is 11.9 Å². The number of benzene rings is 1. The minimum atomic E-state index is -0.858. The summed E-state index contributed by atoms with van der Waals surface area (Å²) in [6, 6.07) is 11.7. The van der Waals surface area contributed by atoms with E-state index in [2.05, 4.69) is 20.8 Å². The lowest BCUT2D eigenvalue weighted by Crippen LogP contribution is -2.39. The average Bonchev–Trinajstić information content (AvgIpc) is 3.32. The van der Waals surface area contributed by atoms with E-state index >= 15 is 0 Å². The highest BCUT2D eigenvalue weighted by molar-refractivity contribution is 6.08. The van der Waals surface area contributed by atoms with Crippen LogP contribution in [0.4, 0.5) is 0 Å². The quantitative estimate of drug-likeness (QED) is 0.512. The van der Waals surface area contributed by atoms with Crippen LogP contribution in [0.5, 0.6) is 0 Å². The standard InChI is InChI=1S/C23H22N4O4/c1-12-10-16(14(3)30-12)18-11-17(19-13(2)27-31-23(19)25-18)21(28)26-20(22(29)24-4)15-8-6-5-7-9-15/h5-11,20H,1-4H3,(H,24,29)(H,26,28)/t20-/m0/s1. The summed E-state index contributed by atoms with van der Waals surface area (Å²) in [5.41, 5.74) is 3.06. The predicted molar refractivity (Wildman–Crippen MR) is 114 cm³/mol. The molecule has 158 valence electrons. The molecule has 0 saturated heterocycles. The highest BCUT2D eigenvalue weighted by Crippen LogP contribution is 2.30. The zero-order valence-corrected chi connectivity index (χ0v) is 17.6. The van der Waals surface area contributed by atoms with Gasteiger partial charge in [-0.25, -0.2) is 4.98 Å². The molecule has 0 fully saturated rings. The second kappa shape index (κ2) is 8.06. The number of amides is 2. The SMILES string of the molecule is CNC(=O)[C@@H](NC(=O)c1cc(-c2cc(C)oc2C)nc2onc(C)c12)c1ccccc1. The van der Waals surface area contributed by atoms with Gasteiger partial charge in [-0.05, 0) is 38.5 Å². The van der Waals surface area contributed by atoms with Crippen molar-refractivity contribution < 1.29 is 18.5 Å². The Morgan fingerprint density at radius 2 is 1.81 bits per heavy atom. The smallest absolute Gasteiger partial charge is 0.259 e. The fourth-order valence-electron chi connectivity index (χ4n) is 3.60. The van der Waals surface area contributed by atoms with E-state index in [1.807, 2.05) is 38.1 Å². The molecule has 1 atom stereocenters. The molecule has 31 heavy (non-hydrogen) atoms. The maximum atomic E-state index is 13.4. The van der Waals surface area contributed by atoms with Gasteiger partial charge >= 0.3 is 0 Å². The van der Waals surface area contributed by atoms with Gasteiger partial charge in [0, 0.05) is 12.6 Å². The number of fused-ring (bicyclic) bond motifs is 1. The lowest BCUT2D eigenvalue weighted by atomic mass is 10.0. The first-order chi connectivity index (χ1) is 14.9.